The summed E-state index contributed by atoms with van der Waals surface area (Å²) in [4.78, 5) is 0. The van der Waals surface area contributed by atoms with Crippen LogP contribution in [0.5, 0.6) is 0 Å². The second kappa shape index (κ2) is 5.62. The van der Waals surface area contributed by atoms with Gasteiger partial charge in [-0.25, -0.2) is 0 Å². The van der Waals surface area contributed by atoms with E-state index in [9.17, 15) is 0 Å². The molecule has 1 aromatic heterocycles. The van der Waals surface area contributed by atoms with Crippen LogP contribution in [-0.2, 0) is 23.1 Å². The number of aromatic nitrogens is 2. The van der Waals surface area contributed by atoms with Crippen LogP contribution in [0.2, 0.25) is 0 Å². The van der Waals surface area contributed by atoms with Gasteiger partial charge >= 0.3 is 0 Å². The monoisotopic (exact) mass is 199 g/mol. The fraction of sp³-hybridized carbons (Fsp3) is 0.667. The van der Waals surface area contributed by atoms with Crippen LogP contribution in [0.25, 0.3) is 0 Å². The first-order valence-corrected chi connectivity index (χ1v) is 4.55. The SMILES string of the molecule is CNc1cc(COCCOC)nn1C. The molecule has 1 N–H and O–H groups in total. The molecule has 0 bridgehead atoms. The minimum atomic E-state index is 0.527. The quantitative estimate of drug-likeness (QED) is 0.682. The highest BCUT2D eigenvalue weighted by Gasteiger charge is 2.02. The highest BCUT2D eigenvalue weighted by molar-refractivity contribution is 5.35. The van der Waals surface area contributed by atoms with Crippen LogP contribution in [0.15, 0.2) is 6.07 Å². The number of nitrogens with one attached hydrogen (secondary N) is 1. The van der Waals surface area contributed by atoms with Gasteiger partial charge in [-0.05, 0) is 0 Å². The minimum absolute atomic E-state index is 0.527. The van der Waals surface area contributed by atoms with Crippen LogP contribution in [0, 0.1) is 0 Å². The third-order valence-corrected chi connectivity index (χ3v) is 1.87. The van der Waals surface area contributed by atoms with E-state index in [4.69, 9.17) is 9.47 Å². The molecule has 1 heterocycles. The zero-order chi connectivity index (χ0) is 10.4. The lowest BCUT2D eigenvalue weighted by molar-refractivity contribution is 0.0600. The van der Waals surface area contributed by atoms with Crippen molar-refractivity contribution in [1.29, 1.82) is 0 Å². The van der Waals surface area contributed by atoms with E-state index in [0.717, 1.165) is 11.5 Å². The fourth-order valence-electron chi connectivity index (χ4n) is 1.15. The van der Waals surface area contributed by atoms with Crippen LogP contribution in [0.4, 0.5) is 5.82 Å². The molecule has 1 aromatic rings. The van der Waals surface area contributed by atoms with Gasteiger partial charge in [-0.2, -0.15) is 5.10 Å². The van der Waals surface area contributed by atoms with Crippen molar-refractivity contribution in [2.75, 3.05) is 32.7 Å². The Morgan fingerprint density at radius 2 is 2.29 bits per heavy atom. The molecule has 0 fully saturated rings. The van der Waals surface area contributed by atoms with E-state index in [2.05, 4.69) is 10.4 Å². The van der Waals surface area contributed by atoms with E-state index < -0.39 is 0 Å². The molecular formula is C9H17N3O2. The second-order valence-electron chi connectivity index (χ2n) is 2.94. The Bertz CT molecular complexity index is 273. The number of hydrogen-bond donors (Lipinski definition) is 1. The first kappa shape index (κ1) is 11.0. The summed E-state index contributed by atoms with van der Waals surface area (Å²) < 4.78 is 12.0. The average Bonchev–Trinajstić information content (AvgIpc) is 2.54. The molecule has 0 atom stereocenters. The molecule has 0 saturated heterocycles. The van der Waals surface area contributed by atoms with Crippen molar-refractivity contribution in [1.82, 2.24) is 9.78 Å². The standard InChI is InChI=1S/C9H17N3O2/c1-10-9-6-8(11-12(9)2)7-14-5-4-13-3/h6,10H,4-5,7H2,1-3H3. The van der Waals surface area contributed by atoms with Crippen molar-refractivity contribution in [2.45, 2.75) is 6.61 Å². The maximum atomic E-state index is 5.34. The Labute approximate surface area is 84.0 Å². The molecule has 1 rings (SSSR count). The first-order valence-electron chi connectivity index (χ1n) is 4.55. The van der Waals surface area contributed by atoms with Crippen molar-refractivity contribution >= 4 is 5.82 Å². The summed E-state index contributed by atoms with van der Waals surface area (Å²) in [6.07, 6.45) is 0. The lowest BCUT2D eigenvalue weighted by Crippen LogP contribution is -2.02. The fourth-order valence-corrected chi connectivity index (χ4v) is 1.15. The van der Waals surface area contributed by atoms with Gasteiger partial charge in [-0.15, -0.1) is 0 Å². The Morgan fingerprint density at radius 1 is 1.50 bits per heavy atom. The minimum Gasteiger partial charge on any atom is -0.382 e. The number of nitrogens with zero attached hydrogens (tertiary/aromatic N) is 2. The van der Waals surface area contributed by atoms with Gasteiger partial charge in [-0.1, -0.05) is 0 Å². The van der Waals surface area contributed by atoms with Crippen molar-refractivity contribution in [3.8, 4) is 0 Å². The van der Waals surface area contributed by atoms with E-state index in [-0.39, 0.29) is 0 Å². The molecule has 14 heavy (non-hydrogen) atoms. The summed E-state index contributed by atoms with van der Waals surface area (Å²) in [5.74, 6) is 0.982. The smallest absolute Gasteiger partial charge is 0.124 e. The molecule has 5 heteroatoms. The van der Waals surface area contributed by atoms with Crippen LogP contribution >= 0.6 is 0 Å². The largest absolute Gasteiger partial charge is 0.382 e. The van der Waals surface area contributed by atoms with Crippen LogP contribution < -0.4 is 5.32 Å². The maximum Gasteiger partial charge on any atom is 0.124 e. The molecule has 80 valence electrons. The molecule has 0 spiro atoms. The molecule has 0 radical (unpaired) electrons. The number of anilines is 1. The van der Waals surface area contributed by atoms with Gasteiger partial charge < -0.3 is 14.8 Å². The third-order valence-electron chi connectivity index (χ3n) is 1.87. The predicted molar refractivity (Wildman–Crippen MR) is 54.3 cm³/mol. The third kappa shape index (κ3) is 3.01. The van der Waals surface area contributed by atoms with Crippen molar-refractivity contribution < 1.29 is 9.47 Å². The van der Waals surface area contributed by atoms with E-state index in [1.165, 1.54) is 0 Å². The molecule has 0 aliphatic heterocycles. The van der Waals surface area contributed by atoms with Crippen LogP contribution in [0.1, 0.15) is 5.69 Å². The van der Waals surface area contributed by atoms with Crippen molar-refractivity contribution in [3.05, 3.63) is 11.8 Å². The lowest BCUT2D eigenvalue weighted by atomic mass is 10.4. The second-order valence-corrected chi connectivity index (χ2v) is 2.94. The van der Waals surface area contributed by atoms with Gasteiger partial charge in [0.2, 0.25) is 0 Å². The molecule has 0 aromatic carbocycles. The predicted octanol–water partition coefficient (Wildman–Crippen LogP) is 0.625. The number of hydrogen-bond acceptors (Lipinski definition) is 4. The Balaban J connectivity index is 2.35. The number of rotatable bonds is 6. The van der Waals surface area contributed by atoms with Gasteiger partial charge in [0.05, 0.1) is 25.5 Å². The van der Waals surface area contributed by atoms with Crippen LogP contribution in [-0.4, -0.2) is 37.2 Å². The zero-order valence-corrected chi connectivity index (χ0v) is 8.91. The summed E-state index contributed by atoms with van der Waals surface area (Å²) in [6, 6.07) is 1.97. The van der Waals surface area contributed by atoms with Crippen LogP contribution in [0.3, 0.4) is 0 Å². The molecule has 0 saturated carbocycles. The summed E-state index contributed by atoms with van der Waals surface area (Å²) in [6.45, 7) is 1.74. The summed E-state index contributed by atoms with van der Waals surface area (Å²) in [5, 5.41) is 7.30. The van der Waals surface area contributed by atoms with E-state index >= 15 is 0 Å². The lowest BCUT2D eigenvalue weighted by Gasteiger charge is -1.99. The average molecular weight is 199 g/mol. The summed E-state index contributed by atoms with van der Waals surface area (Å²) in [7, 11) is 5.42. The highest BCUT2D eigenvalue weighted by atomic mass is 16.5. The van der Waals surface area contributed by atoms with Gasteiger partial charge in [-0.3, -0.25) is 4.68 Å². The molecule has 0 aliphatic rings. The van der Waals surface area contributed by atoms with Gasteiger partial charge in [0.15, 0.2) is 0 Å². The summed E-state index contributed by atoms with van der Waals surface area (Å²) in [5.41, 5.74) is 0.924. The molecular weight excluding hydrogens is 182 g/mol. The normalized spacial score (nSPS) is 10.5. The first-order chi connectivity index (χ1) is 6.77. The number of ether oxygens (including phenoxy) is 2. The van der Waals surface area contributed by atoms with E-state index in [1.807, 2.05) is 20.2 Å². The molecule has 0 aliphatic carbocycles. The molecule has 5 nitrogen and oxygen atoms in total. The van der Waals surface area contributed by atoms with E-state index in [0.29, 0.717) is 19.8 Å². The van der Waals surface area contributed by atoms with Gasteiger partial charge in [0, 0.05) is 27.3 Å². The van der Waals surface area contributed by atoms with Gasteiger partial charge in [0.25, 0.3) is 0 Å². The Hall–Kier alpha value is -1.07. The number of aryl methyl sites for hydroxylation is 1. The van der Waals surface area contributed by atoms with Gasteiger partial charge in [0.1, 0.15) is 5.82 Å². The zero-order valence-electron chi connectivity index (χ0n) is 8.91. The Kier molecular flexibility index (Phi) is 4.42. The molecule has 0 amide bonds. The maximum absolute atomic E-state index is 5.34. The molecule has 0 unspecified atom stereocenters. The summed E-state index contributed by atoms with van der Waals surface area (Å²) >= 11 is 0. The van der Waals surface area contributed by atoms with E-state index in [1.54, 1.807) is 11.8 Å². The van der Waals surface area contributed by atoms with Crippen molar-refractivity contribution in [3.63, 3.8) is 0 Å². The Morgan fingerprint density at radius 3 is 2.86 bits per heavy atom. The number of methoxy groups -OCH3 is 1. The highest BCUT2D eigenvalue weighted by Crippen LogP contribution is 2.08. The van der Waals surface area contributed by atoms with Crippen molar-refractivity contribution in [2.24, 2.45) is 7.05 Å². The topological polar surface area (TPSA) is 48.3 Å².